The Bertz CT molecular complexity index is 582. The first-order chi connectivity index (χ1) is 8.49. The van der Waals surface area contributed by atoms with Crippen LogP contribution in [0, 0.1) is 13.8 Å². The third kappa shape index (κ3) is 2.46. The zero-order valence-electron chi connectivity index (χ0n) is 10.7. The van der Waals surface area contributed by atoms with E-state index >= 15 is 0 Å². The Labute approximate surface area is 111 Å². The van der Waals surface area contributed by atoms with Gasteiger partial charge >= 0.3 is 0 Å². The molecule has 0 aliphatic heterocycles. The quantitative estimate of drug-likeness (QED) is 0.797. The first-order valence-electron chi connectivity index (χ1n) is 5.76. The molecule has 0 radical (unpaired) electrons. The fourth-order valence-corrected chi connectivity index (χ4v) is 2.24. The van der Waals surface area contributed by atoms with Crippen LogP contribution in [-0.2, 0) is 13.5 Å². The number of nitrogens with zero attached hydrogens (tertiary/aromatic N) is 2. The van der Waals surface area contributed by atoms with Crippen molar-refractivity contribution in [1.82, 2.24) is 9.78 Å². The average molecular weight is 263 g/mol. The van der Waals surface area contributed by atoms with Crippen LogP contribution in [0.3, 0.4) is 0 Å². The van der Waals surface area contributed by atoms with E-state index in [2.05, 4.69) is 5.10 Å². The maximum atomic E-state index is 12.2. The molecule has 0 N–H and O–H groups in total. The van der Waals surface area contributed by atoms with E-state index in [1.54, 1.807) is 7.05 Å². The Morgan fingerprint density at radius 1 is 1.39 bits per heavy atom. The number of aromatic nitrogens is 2. The maximum absolute atomic E-state index is 12.2. The molecular formula is C14H15ClN2O. The highest BCUT2D eigenvalue weighted by molar-refractivity contribution is 6.33. The molecule has 0 bridgehead atoms. The summed E-state index contributed by atoms with van der Waals surface area (Å²) >= 11 is 5.97. The lowest BCUT2D eigenvalue weighted by Gasteiger charge is -2.07. The molecule has 94 valence electrons. The molecule has 0 saturated heterocycles. The summed E-state index contributed by atoms with van der Waals surface area (Å²) in [5, 5.41) is 4.39. The van der Waals surface area contributed by atoms with Crippen LogP contribution in [0.4, 0.5) is 0 Å². The summed E-state index contributed by atoms with van der Waals surface area (Å²) in [6.45, 7) is 4.03. The van der Waals surface area contributed by atoms with Crippen LogP contribution in [0.5, 0.6) is 0 Å². The summed E-state index contributed by atoms with van der Waals surface area (Å²) in [6.07, 6.45) is 1.85. The van der Waals surface area contributed by atoms with Crippen molar-refractivity contribution in [3.8, 4) is 0 Å². The Kier molecular flexibility index (Phi) is 3.53. The van der Waals surface area contributed by atoms with Gasteiger partial charge in [-0.2, -0.15) is 5.10 Å². The normalized spacial score (nSPS) is 10.7. The Morgan fingerprint density at radius 3 is 2.72 bits per heavy atom. The van der Waals surface area contributed by atoms with Crippen molar-refractivity contribution in [2.24, 2.45) is 7.05 Å². The first kappa shape index (κ1) is 12.8. The molecule has 0 spiro atoms. The lowest BCUT2D eigenvalue weighted by atomic mass is 10.00. The Balaban J connectivity index is 2.30. The van der Waals surface area contributed by atoms with Crippen molar-refractivity contribution >= 4 is 17.4 Å². The number of Topliss-reactive ketones (excluding diaryl/α,β-unsaturated/α-hetero) is 1. The fraction of sp³-hybridized carbons (Fsp3) is 0.286. The summed E-state index contributed by atoms with van der Waals surface area (Å²) in [6, 6.07) is 6.11. The van der Waals surface area contributed by atoms with Crippen LogP contribution in [0.1, 0.15) is 27.2 Å². The number of halogens is 1. The van der Waals surface area contributed by atoms with Gasteiger partial charge in [0.15, 0.2) is 5.78 Å². The van der Waals surface area contributed by atoms with E-state index in [0.717, 1.165) is 16.7 Å². The highest BCUT2D eigenvalue weighted by Gasteiger charge is 2.16. The minimum absolute atomic E-state index is 0.00583. The zero-order valence-corrected chi connectivity index (χ0v) is 11.5. The summed E-state index contributed by atoms with van der Waals surface area (Å²) in [4.78, 5) is 12.2. The van der Waals surface area contributed by atoms with Crippen LogP contribution < -0.4 is 0 Å². The fourth-order valence-electron chi connectivity index (χ4n) is 1.97. The van der Waals surface area contributed by atoms with Gasteiger partial charge in [-0.15, -0.1) is 0 Å². The maximum Gasteiger partial charge on any atom is 0.186 e. The third-order valence-electron chi connectivity index (χ3n) is 3.01. The average Bonchev–Trinajstić information content (AvgIpc) is 2.63. The van der Waals surface area contributed by atoms with Crippen molar-refractivity contribution in [1.29, 1.82) is 0 Å². The summed E-state index contributed by atoms with van der Waals surface area (Å²) in [5.74, 6) is -0.00583. The SMILES string of the molecule is Cc1ccc(C)c(CC(=O)c2c(Cl)cnn2C)c1. The standard InChI is InChI=1S/C14H15ClN2O/c1-9-4-5-10(2)11(6-9)7-13(18)14-12(15)8-16-17(14)3/h4-6,8H,7H2,1-3H3. The molecule has 2 rings (SSSR count). The number of rotatable bonds is 3. The molecule has 0 amide bonds. The van der Waals surface area contributed by atoms with E-state index in [1.165, 1.54) is 10.9 Å². The van der Waals surface area contributed by atoms with E-state index in [0.29, 0.717) is 17.1 Å². The molecule has 0 fully saturated rings. The van der Waals surface area contributed by atoms with Gasteiger partial charge in [-0.25, -0.2) is 0 Å². The van der Waals surface area contributed by atoms with Gasteiger partial charge in [0.25, 0.3) is 0 Å². The topological polar surface area (TPSA) is 34.9 Å². The van der Waals surface area contributed by atoms with Gasteiger partial charge in [-0.3, -0.25) is 9.48 Å². The van der Waals surface area contributed by atoms with Gasteiger partial charge in [-0.05, 0) is 25.0 Å². The minimum Gasteiger partial charge on any atom is -0.292 e. The number of carbonyl (C=O) groups excluding carboxylic acids is 1. The molecule has 0 aliphatic rings. The highest BCUT2D eigenvalue weighted by atomic mass is 35.5. The van der Waals surface area contributed by atoms with Gasteiger partial charge < -0.3 is 0 Å². The van der Waals surface area contributed by atoms with Crippen molar-refractivity contribution in [2.75, 3.05) is 0 Å². The van der Waals surface area contributed by atoms with Crippen molar-refractivity contribution < 1.29 is 4.79 Å². The largest absolute Gasteiger partial charge is 0.292 e. The van der Waals surface area contributed by atoms with E-state index in [-0.39, 0.29) is 5.78 Å². The van der Waals surface area contributed by atoms with Gasteiger partial charge in [0.2, 0.25) is 0 Å². The molecule has 0 unspecified atom stereocenters. The molecule has 0 saturated carbocycles. The van der Waals surface area contributed by atoms with Crippen LogP contribution in [0.15, 0.2) is 24.4 Å². The number of benzene rings is 1. The predicted molar refractivity (Wildman–Crippen MR) is 72.2 cm³/mol. The van der Waals surface area contributed by atoms with E-state index in [9.17, 15) is 4.79 Å². The molecule has 0 atom stereocenters. The summed E-state index contributed by atoms with van der Waals surface area (Å²) < 4.78 is 1.52. The van der Waals surface area contributed by atoms with Gasteiger partial charge in [0.1, 0.15) is 5.69 Å². The zero-order chi connectivity index (χ0) is 13.3. The molecule has 3 nitrogen and oxygen atoms in total. The molecule has 4 heteroatoms. The smallest absolute Gasteiger partial charge is 0.186 e. The van der Waals surface area contributed by atoms with Crippen molar-refractivity contribution in [3.63, 3.8) is 0 Å². The summed E-state index contributed by atoms with van der Waals surface area (Å²) in [5.41, 5.74) is 3.78. The van der Waals surface area contributed by atoms with E-state index in [1.807, 2.05) is 32.0 Å². The first-order valence-corrected chi connectivity index (χ1v) is 6.13. The highest BCUT2D eigenvalue weighted by Crippen LogP contribution is 2.18. The Hall–Kier alpha value is -1.61. The molecule has 0 aliphatic carbocycles. The van der Waals surface area contributed by atoms with Crippen molar-refractivity contribution in [2.45, 2.75) is 20.3 Å². The van der Waals surface area contributed by atoms with Gasteiger partial charge in [0.05, 0.1) is 11.2 Å². The molecule has 1 aromatic heterocycles. The number of ketones is 1. The van der Waals surface area contributed by atoms with E-state index in [4.69, 9.17) is 11.6 Å². The third-order valence-corrected chi connectivity index (χ3v) is 3.29. The lowest BCUT2D eigenvalue weighted by Crippen LogP contribution is -2.11. The second kappa shape index (κ2) is 4.94. The Morgan fingerprint density at radius 2 is 2.11 bits per heavy atom. The molecule has 2 aromatic rings. The van der Waals surface area contributed by atoms with Gasteiger partial charge in [-0.1, -0.05) is 35.4 Å². The number of hydrogen-bond acceptors (Lipinski definition) is 2. The molecule has 1 aromatic carbocycles. The van der Waals surface area contributed by atoms with Crippen LogP contribution in [0.25, 0.3) is 0 Å². The van der Waals surface area contributed by atoms with Crippen LogP contribution in [-0.4, -0.2) is 15.6 Å². The van der Waals surface area contributed by atoms with E-state index < -0.39 is 0 Å². The molecule has 18 heavy (non-hydrogen) atoms. The second-order valence-corrected chi connectivity index (χ2v) is 4.90. The second-order valence-electron chi connectivity index (χ2n) is 4.49. The number of aryl methyl sites for hydroxylation is 3. The van der Waals surface area contributed by atoms with Gasteiger partial charge in [0, 0.05) is 13.5 Å². The van der Waals surface area contributed by atoms with Crippen molar-refractivity contribution in [3.05, 3.63) is 51.8 Å². The monoisotopic (exact) mass is 262 g/mol. The molecular weight excluding hydrogens is 248 g/mol. The lowest BCUT2D eigenvalue weighted by molar-refractivity contribution is 0.0984. The van der Waals surface area contributed by atoms with Crippen LogP contribution >= 0.6 is 11.6 Å². The van der Waals surface area contributed by atoms with Crippen LogP contribution in [0.2, 0.25) is 5.02 Å². The summed E-state index contributed by atoms with van der Waals surface area (Å²) in [7, 11) is 1.72. The predicted octanol–water partition coefficient (Wildman–Crippen LogP) is 3.12. The number of hydrogen-bond donors (Lipinski definition) is 0. The minimum atomic E-state index is -0.00583. The number of carbonyl (C=O) groups is 1. The molecule has 1 heterocycles.